The van der Waals surface area contributed by atoms with Crippen molar-refractivity contribution in [2.45, 2.75) is 64.0 Å². The lowest BCUT2D eigenvalue weighted by Gasteiger charge is -2.35. The summed E-state index contributed by atoms with van der Waals surface area (Å²) in [6.07, 6.45) is 6.04. The number of hydrogen-bond acceptors (Lipinski definition) is 2. The lowest BCUT2D eigenvalue weighted by molar-refractivity contribution is -0.00729. The van der Waals surface area contributed by atoms with Crippen molar-refractivity contribution < 1.29 is 4.74 Å². The third kappa shape index (κ3) is 4.32. The molecular weight excluding hydrogens is 246 g/mol. The molecule has 2 N–H and O–H groups in total. The molecule has 4 atom stereocenters. The fraction of sp³-hybridized carbons (Fsp3) is 0.667. The first kappa shape index (κ1) is 15.5. The van der Waals surface area contributed by atoms with Gasteiger partial charge in [-0.2, -0.15) is 0 Å². The van der Waals surface area contributed by atoms with Crippen molar-refractivity contribution in [2.24, 2.45) is 11.7 Å². The molecule has 0 amide bonds. The summed E-state index contributed by atoms with van der Waals surface area (Å²) in [5.74, 6) is 1.26. The molecule has 0 bridgehead atoms. The van der Waals surface area contributed by atoms with Crippen molar-refractivity contribution >= 4 is 0 Å². The molecule has 20 heavy (non-hydrogen) atoms. The zero-order valence-corrected chi connectivity index (χ0v) is 12.9. The minimum atomic E-state index is 0.212. The Morgan fingerprint density at radius 3 is 2.70 bits per heavy atom. The van der Waals surface area contributed by atoms with Gasteiger partial charge in [0.1, 0.15) is 0 Å². The van der Waals surface area contributed by atoms with Crippen LogP contribution in [0.4, 0.5) is 0 Å². The van der Waals surface area contributed by atoms with Gasteiger partial charge in [0.2, 0.25) is 0 Å². The topological polar surface area (TPSA) is 35.2 Å². The van der Waals surface area contributed by atoms with Crippen molar-refractivity contribution in [2.75, 3.05) is 6.61 Å². The summed E-state index contributed by atoms with van der Waals surface area (Å²) in [5.41, 5.74) is 7.69. The number of ether oxygens (including phenoxy) is 1. The Labute approximate surface area is 123 Å². The molecule has 2 nitrogen and oxygen atoms in total. The van der Waals surface area contributed by atoms with Crippen LogP contribution in [0.15, 0.2) is 30.3 Å². The molecule has 0 heterocycles. The number of hydrogen-bond donors (Lipinski definition) is 1. The zero-order valence-electron chi connectivity index (χ0n) is 12.9. The van der Waals surface area contributed by atoms with Gasteiger partial charge in [0, 0.05) is 12.6 Å². The van der Waals surface area contributed by atoms with Crippen LogP contribution in [0.3, 0.4) is 0 Å². The molecule has 2 heteroatoms. The summed E-state index contributed by atoms with van der Waals surface area (Å²) in [6.45, 7) is 5.36. The van der Waals surface area contributed by atoms with E-state index in [1.54, 1.807) is 0 Å². The Morgan fingerprint density at radius 2 is 2.00 bits per heavy atom. The van der Waals surface area contributed by atoms with Crippen LogP contribution in [0.5, 0.6) is 0 Å². The molecule has 2 rings (SSSR count). The fourth-order valence-electron chi connectivity index (χ4n) is 3.24. The van der Waals surface area contributed by atoms with Crippen molar-refractivity contribution in [1.82, 2.24) is 0 Å². The lowest BCUT2D eigenvalue weighted by atomic mass is 9.80. The normalized spacial score (nSPS) is 28.2. The minimum Gasteiger partial charge on any atom is -0.376 e. The van der Waals surface area contributed by atoms with Crippen LogP contribution in [0, 0.1) is 5.92 Å². The largest absolute Gasteiger partial charge is 0.376 e. The second kappa shape index (κ2) is 7.80. The monoisotopic (exact) mass is 275 g/mol. The molecule has 0 aliphatic heterocycles. The van der Waals surface area contributed by atoms with Crippen molar-refractivity contribution in [3.05, 3.63) is 35.9 Å². The Morgan fingerprint density at radius 1 is 1.25 bits per heavy atom. The minimum absolute atomic E-state index is 0.212. The van der Waals surface area contributed by atoms with E-state index < -0.39 is 0 Å². The van der Waals surface area contributed by atoms with E-state index >= 15 is 0 Å². The highest BCUT2D eigenvalue weighted by atomic mass is 16.5. The van der Waals surface area contributed by atoms with Gasteiger partial charge in [0.15, 0.2) is 0 Å². The highest BCUT2D eigenvalue weighted by Crippen LogP contribution is 2.33. The summed E-state index contributed by atoms with van der Waals surface area (Å²) in [6, 6.07) is 11.0. The van der Waals surface area contributed by atoms with Crippen LogP contribution in [0.25, 0.3) is 0 Å². The first-order valence-corrected chi connectivity index (χ1v) is 8.12. The van der Waals surface area contributed by atoms with Gasteiger partial charge in [-0.15, -0.1) is 0 Å². The van der Waals surface area contributed by atoms with Crippen molar-refractivity contribution in [3.8, 4) is 0 Å². The summed E-state index contributed by atoms with van der Waals surface area (Å²) < 4.78 is 6.14. The van der Waals surface area contributed by atoms with E-state index in [0.29, 0.717) is 11.8 Å². The highest BCUT2D eigenvalue weighted by molar-refractivity contribution is 5.20. The van der Waals surface area contributed by atoms with Gasteiger partial charge in [-0.3, -0.25) is 0 Å². The van der Waals surface area contributed by atoms with Crippen LogP contribution in [0.2, 0.25) is 0 Å². The number of nitrogens with two attached hydrogens (primary N) is 1. The van der Waals surface area contributed by atoms with Crippen LogP contribution in [-0.2, 0) is 4.74 Å². The van der Waals surface area contributed by atoms with Crippen molar-refractivity contribution in [1.29, 1.82) is 0 Å². The maximum atomic E-state index is 6.25. The third-order valence-electron chi connectivity index (χ3n) is 4.49. The third-order valence-corrected chi connectivity index (χ3v) is 4.49. The van der Waals surface area contributed by atoms with Gasteiger partial charge in [0.25, 0.3) is 0 Å². The lowest BCUT2D eigenvalue weighted by Crippen LogP contribution is -2.42. The van der Waals surface area contributed by atoms with E-state index in [1.165, 1.54) is 24.8 Å². The second-order valence-corrected chi connectivity index (χ2v) is 6.35. The van der Waals surface area contributed by atoms with Crippen LogP contribution >= 0.6 is 0 Å². The van der Waals surface area contributed by atoms with E-state index in [9.17, 15) is 0 Å². The molecule has 112 valence electrons. The summed E-state index contributed by atoms with van der Waals surface area (Å²) in [7, 11) is 0. The van der Waals surface area contributed by atoms with Crippen LogP contribution < -0.4 is 5.73 Å². The Bertz CT molecular complexity index is 378. The van der Waals surface area contributed by atoms with Gasteiger partial charge in [-0.1, -0.05) is 50.6 Å². The molecule has 1 aliphatic rings. The van der Waals surface area contributed by atoms with E-state index in [2.05, 4.69) is 44.2 Å². The highest BCUT2D eigenvalue weighted by Gasteiger charge is 2.29. The average Bonchev–Trinajstić information content (AvgIpc) is 2.47. The SMILES string of the molecule is CCCC(C)COC1CC(c2ccccc2)CCC1N. The predicted molar refractivity (Wildman–Crippen MR) is 84.8 cm³/mol. The molecular formula is C18H29NO. The van der Waals surface area contributed by atoms with Crippen LogP contribution in [-0.4, -0.2) is 18.8 Å². The van der Waals surface area contributed by atoms with Crippen LogP contribution in [0.1, 0.15) is 57.4 Å². The molecule has 1 saturated carbocycles. The van der Waals surface area contributed by atoms with E-state index in [-0.39, 0.29) is 12.1 Å². The molecule has 1 aliphatic carbocycles. The first-order chi connectivity index (χ1) is 9.70. The molecule has 1 aromatic carbocycles. The van der Waals surface area contributed by atoms with E-state index in [0.717, 1.165) is 19.4 Å². The fourth-order valence-corrected chi connectivity index (χ4v) is 3.24. The zero-order chi connectivity index (χ0) is 14.4. The molecule has 0 saturated heterocycles. The van der Waals surface area contributed by atoms with Gasteiger partial charge in [0.05, 0.1) is 6.10 Å². The van der Waals surface area contributed by atoms with Gasteiger partial charge in [-0.05, 0) is 43.1 Å². The Balaban J connectivity index is 1.88. The standard InChI is InChI=1S/C18H29NO/c1-3-7-14(2)13-20-18-12-16(10-11-17(18)19)15-8-5-4-6-9-15/h4-6,8-9,14,16-18H,3,7,10-13,19H2,1-2H3. The molecule has 0 spiro atoms. The number of rotatable bonds is 6. The van der Waals surface area contributed by atoms with Gasteiger partial charge < -0.3 is 10.5 Å². The predicted octanol–water partition coefficient (Wildman–Crippen LogP) is 4.10. The maximum Gasteiger partial charge on any atom is 0.0731 e. The molecule has 0 radical (unpaired) electrons. The smallest absolute Gasteiger partial charge is 0.0731 e. The average molecular weight is 275 g/mol. The quantitative estimate of drug-likeness (QED) is 0.848. The Hall–Kier alpha value is -0.860. The van der Waals surface area contributed by atoms with E-state index in [1.807, 2.05) is 0 Å². The summed E-state index contributed by atoms with van der Waals surface area (Å²) in [5, 5.41) is 0. The van der Waals surface area contributed by atoms with Crippen molar-refractivity contribution in [3.63, 3.8) is 0 Å². The second-order valence-electron chi connectivity index (χ2n) is 6.35. The maximum absolute atomic E-state index is 6.25. The molecule has 1 fully saturated rings. The molecule has 0 aromatic heterocycles. The van der Waals surface area contributed by atoms with E-state index in [4.69, 9.17) is 10.5 Å². The first-order valence-electron chi connectivity index (χ1n) is 8.12. The molecule has 4 unspecified atom stereocenters. The Kier molecular flexibility index (Phi) is 6.06. The summed E-state index contributed by atoms with van der Waals surface area (Å²) >= 11 is 0. The number of benzene rings is 1. The van der Waals surface area contributed by atoms with Gasteiger partial charge in [-0.25, -0.2) is 0 Å². The summed E-state index contributed by atoms with van der Waals surface area (Å²) in [4.78, 5) is 0. The van der Waals surface area contributed by atoms with Gasteiger partial charge >= 0.3 is 0 Å². The molecule has 1 aromatic rings.